The first-order valence-corrected chi connectivity index (χ1v) is 3.00. The molecule has 0 aliphatic heterocycles. The zero-order valence-electron chi connectivity index (χ0n) is 6.64. The molecule has 0 fully saturated rings. The van der Waals surface area contributed by atoms with Crippen LogP contribution in [0.15, 0.2) is 0 Å². The van der Waals surface area contributed by atoms with Crippen molar-refractivity contribution in [3.05, 3.63) is 0 Å². The van der Waals surface area contributed by atoms with Gasteiger partial charge in [0.25, 0.3) is 0 Å². The van der Waals surface area contributed by atoms with Crippen LogP contribution in [0, 0.1) is 0 Å². The Morgan fingerprint density at radius 2 is 1.89 bits per heavy atom. The first-order valence-electron chi connectivity index (χ1n) is 3.00. The highest BCUT2D eigenvalue weighted by Crippen LogP contribution is 2.05. The van der Waals surface area contributed by atoms with Gasteiger partial charge in [-0.2, -0.15) is 0 Å². The summed E-state index contributed by atoms with van der Waals surface area (Å²) in [5.74, 6) is 5.03. The maximum Gasteiger partial charge on any atom is 0.0963 e. The summed E-state index contributed by atoms with van der Waals surface area (Å²) in [5.41, 5.74) is -0.233. The van der Waals surface area contributed by atoms with E-state index in [2.05, 4.69) is 0 Å². The Labute approximate surface area is 56.7 Å². The fourth-order valence-corrected chi connectivity index (χ4v) is 0.799. The quantitative estimate of drug-likeness (QED) is 0.558. The standard InChI is InChI=1S/C6H16N2O/c1-6(2,9-7)5-8(3)4/h5,7H2,1-4H3. The lowest BCUT2D eigenvalue weighted by Crippen LogP contribution is -2.39. The summed E-state index contributed by atoms with van der Waals surface area (Å²) in [6.07, 6.45) is 0. The van der Waals surface area contributed by atoms with Crippen LogP contribution in [-0.4, -0.2) is 31.1 Å². The molecule has 0 unspecified atom stereocenters. The minimum absolute atomic E-state index is 0.233. The van der Waals surface area contributed by atoms with Gasteiger partial charge in [0.1, 0.15) is 0 Å². The second kappa shape index (κ2) is 3.15. The second-order valence-corrected chi connectivity index (χ2v) is 3.12. The smallest absolute Gasteiger partial charge is 0.0963 e. The molecule has 0 saturated heterocycles. The van der Waals surface area contributed by atoms with E-state index < -0.39 is 0 Å². The molecule has 3 nitrogen and oxygen atoms in total. The van der Waals surface area contributed by atoms with Crippen molar-refractivity contribution < 1.29 is 4.84 Å². The number of nitrogens with zero attached hydrogens (tertiary/aromatic N) is 1. The highest BCUT2D eigenvalue weighted by atomic mass is 16.6. The first-order chi connectivity index (χ1) is 3.98. The van der Waals surface area contributed by atoms with Crippen molar-refractivity contribution >= 4 is 0 Å². The Morgan fingerprint density at radius 3 is 2.00 bits per heavy atom. The molecular formula is C6H16N2O. The molecule has 0 radical (unpaired) electrons. The van der Waals surface area contributed by atoms with Crippen molar-refractivity contribution in [3.8, 4) is 0 Å². The van der Waals surface area contributed by atoms with E-state index in [-0.39, 0.29) is 5.60 Å². The highest BCUT2D eigenvalue weighted by Gasteiger charge is 2.17. The first kappa shape index (κ1) is 8.88. The van der Waals surface area contributed by atoms with E-state index in [9.17, 15) is 0 Å². The summed E-state index contributed by atoms with van der Waals surface area (Å²) < 4.78 is 0. The van der Waals surface area contributed by atoms with Crippen LogP contribution in [0.2, 0.25) is 0 Å². The van der Waals surface area contributed by atoms with Crippen LogP contribution >= 0.6 is 0 Å². The molecule has 3 heteroatoms. The average Bonchev–Trinajstić information content (AvgIpc) is 1.63. The third-order valence-corrected chi connectivity index (χ3v) is 1.02. The molecule has 2 N–H and O–H groups in total. The van der Waals surface area contributed by atoms with E-state index in [1.807, 2.05) is 32.8 Å². The summed E-state index contributed by atoms with van der Waals surface area (Å²) in [6, 6.07) is 0. The molecule has 0 aromatic carbocycles. The molecule has 0 aliphatic carbocycles. The lowest BCUT2D eigenvalue weighted by molar-refractivity contribution is -0.0345. The summed E-state index contributed by atoms with van der Waals surface area (Å²) in [4.78, 5) is 6.74. The SMILES string of the molecule is CN(C)CC(C)(C)ON. The summed E-state index contributed by atoms with van der Waals surface area (Å²) in [7, 11) is 3.97. The van der Waals surface area contributed by atoms with Gasteiger partial charge in [-0.15, -0.1) is 0 Å². The molecule has 0 spiro atoms. The molecule has 9 heavy (non-hydrogen) atoms. The zero-order chi connectivity index (χ0) is 7.49. The molecule has 0 rings (SSSR count). The number of hydrogen-bond donors (Lipinski definition) is 1. The van der Waals surface area contributed by atoms with Crippen molar-refractivity contribution in [2.75, 3.05) is 20.6 Å². The maximum atomic E-state index is 5.03. The average molecular weight is 132 g/mol. The monoisotopic (exact) mass is 132 g/mol. The Morgan fingerprint density at radius 1 is 1.44 bits per heavy atom. The van der Waals surface area contributed by atoms with Crippen LogP contribution in [-0.2, 0) is 4.84 Å². The van der Waals surface area contributed by atoms with E-state index in [1.54, 1.807) is 0 Å². The van der Waals surface area contributed by atoms with Crippen molar-refractivity contribution in [2.24, 2.45) is 5.90 Å². The third-order valence-electron chi connectivity index (χ3n) is 1.02. The molecule has 0 aromatic heterocycles. The molecule has 0 bridgehead atoms. The Kier molecular flexibility index (Phi) is 3.11. The van der Waals surface area contributed by atoms with Crippen LogP contribution < -0.4 is 5.90 Å². The van der Waals surface area contributed by atoms with Crippen molar-refractivity contribution in [2.45, 2.75) is 19.4 Å². The van der Waals surface area contributed by atoms with E-state index in [1.165, 1.54) is 0 Å². The predicted molar refractivity (Wildman–Crippen MR) is 37.9 cm³/mol. The van der Waals surface area contributed by atoms with Gasteiger partial charge in [0, 0.05) is 6.54 Å². The van der Waals surface area contributed by atoms with E-state index in [0.29, 0.717) is 0 Å². The number of hydrogen-bond acceptors (Lipinski definition) is 3. The highest BCUT2D eigenvalue weighted by molar-refractivity contribution is 4.69. The lowest BCUT2D eigenvalue weighted by atomic mass is 10.1. The van der Waals surface area contributed by atoms with Gasteiger partial charge < -0.3 is 4.90 Å². The van der Waals surface area contributed by atoms with Gasteiger partial charge in [-0.25, -0.2) is 5.90 Å². The second-order valence-electron chi connectivity index (χ2n) is 3.12. The molecule has 56 valence electrons. The Hall–Kier alpha value is -0.120. The van der Waals surface area contributed by atoms with Gasteiger partial charge in [-0.05, 0) is 27.9 Å². The van der Waals surface area contributed by atoms with Crippen LogP contribution in [0.5, 0.6) is 0 Å². The van der Waals surface area contributed by atoms with Crippen LogP contribution in [0.25, 0.3) is 0 Å². The Balaban J connectivity index is 3.58. The van der Waals surface area contributed by atoms with Crippen LogP contribution in [0.3, 0.4) is 0 Å². The fourth-order valence-electron chi connectivity index (χ4n) is 0.799. The van der Waals surface area contributed by atoms with Gasteiger partial charge in [0.15, 0.2) is 0 Å². The summed E-state index contributed by atoms with van der Waals surface area (Å²) in [6.45, 7) is 4.74. The van der Waals surface area contributed by atoms with Crippen molar-refractivity contribution in [3.63, 3.8) is 0 Å². The fraction of sp³-hybridized carbons (Fsp3) is 1.00. The zero-order valence-corrected chi connectivity index (χ0v) is 6.64. The largest absolute Gasteiger partial charge is 0.306 e. The van der Waals surface area contributed by atoms with Gasteiger partial charge >= 0.3 is 0 Å². The van der Waals surface area contributed by atoms with E-state index in [0.717, 1.165) is 6.54 Å². The van der Waals surface area contributed by atoms with Gasteiger partial charge in [-0.1, -0.05) is 0 Å². The molecule has 0 amide bonds. The van der Waals surface area contributed by atoms with Crippen molar-refractivity contribution in [1.82, 2.24) is 4.90 Å². The van der Waals surface area contributed by atoms with Crippen molar-refractivity contribution in [1.29, 1.82) is 0 Å². The van der Waals surface area contributed by atoms with E-state index >= 15 is 0 Å². The van der Waals surface area contributed by atoms with Gasteiger partial charge in [-0.3, -0.25) is 4.84 Å². The molecule has 0 aromatic rings. The minimum atomic E-state index is -0.233. The lowest BCUT2D eigenvalue weighted by Gasteiger charge is -2.25. The molecule has 0 atom stereocenters. The molecule has 0 saturated carbocycles. The summed E-state index contributed by atoms with van der Waals surface area (Å²) in [5, 5.41) is 0. The predicted octanol–water partition coefficient (Wildman–Crippen LogP) is 0.217. The van der Waals surface area contributed by atoms with Gasteiger partial charge in [0.05, 0.1) is 5.60 Å². The Bertz CT molecular complexity index is 81.1. The third kappa shape index (κ3) is 4.39. The topological polar surface area (TPSA) is 38.5 Å². The number of nitrogens with two attached hydrogens (primary N) is 1. The normalized spacial score (nSPS) is 12.7. The van der Waals surface area contributed by atoms with Gasteiger partial charge in [0.2, 0.25) is 0 Å². The summed E-state index contributed by atoms with van der Waals surface area (Å²) >= 11 is 0. The molecule has 0 heterocycles. The molecular weight excluding hydrogens is 116 g/mol. The number of rotatable bonds is 3. The van der Waals surface area contributed by atoms with Crippen LogP contribution in [0.1, 0.15) is 13.8 Å². The van der Waals surface area contributed by atoms with Crippen LogP contribution in [0.4, 0.5) is 0 Å². The maximum absolute atomic E-state index is 5.03. The number of likely N-dealkylation sites (N-methyl/N-ethyl adjacent to an activating group) is 1. The molecule has 0 aliphatic rings. The van der Waals surface area contributed by atoms with E-state index in [4.69, 9.17) is 10.7 Å². The minimum Gasteiger partial charge on any atom is -0.306 e.